The summed E-state index contributed by atoms with van der Waals surface area (Å²) in [6.07, 6.45) is 0.112. The summed E-state index contributed by atoms with van der Waals surface area (Å²) in [4.78, 5) is 14.7. The Balaban J connectivity index is 1.62. The number of aliphatic hydroxyl groups is 2. The van der Waals surface area contributed by atoms with E-state index in [4.69, 9.17) is 9.16 Å². The quantitative estimate of drug-likeness (QED) is 0.617. The number of carbonyl (C=O) groups is 1. The molecule has 7 heteroatoms. The van der Waals surface area contributed by atoms with Crippen LogP contribution in [0.2, 0.25) is 5.04 Å². The molecule has 2 saturated heterocycles. The van der Waals surface area contributed by atoms with Crippen molar-refractivity contribution in [3.8, 4) is 0 Å². The van der Waals surface area contributed by atoms with Gasteiger partial charge in [-0.3, -0.25) is 4.79 Å². The van der Waals surface area contributed by atoms with Crippen LogP contribution in [0.25, 0.3) is 0 Å². The zero-order chi connectivity index (χ0) is 24.3. The van der Waals surface area contributed by atoms with Crippen LogP contribution in [-0.4, -0.2) is 67.0 Å². The van der Waals surface area contributed by atoms with Crippen molar-refractivity contribution in [2.45, 2.75) is 76.0 Å². The van der Waals surface area contributed by atoms with Gasteiger partial charge < -0.3 is 24.3 Å². The van der Waals surface area contributed by atoms with E-state index in [9.17, 15) is 15.0 Å². The molecule has 4 atom stereocenters. The summed E-state index contributed by atoms with van der Waals surface area (Å²) in [5.74, 6) is 0.0179. The van der Waals surface area contributed by atoms with Crippen LogP contribution in [0.5, 0.6) is 0 Å². The fraction of sp³-hybridized carbons (Fsp3) is 0.519. The van der Waals surface area contributed by atoms with Crippen LogP contribution >= 0.6 is 0 Å². The van der Waals surface area contributed by atoms with E-state index >= 15 is 0 Å². The molecule has 2 aromatic rings. The van der Waals surface area contributed by atoms with E-state index < -0.39 is 26.8 Å². The van der Waals surface area contributed by atoms with E-state index in [0.29, 0.717) is 32.2 Å². The average Bonchev–Trinajstić information content (AvgIpc) is 3.10. The number of hydrogen-bond acceptors (Lipinski definition) is 5. The van der Waals surface area contributed by atoms with Crippen LogP contribution in [-0.2, 0) is 14.0 Å². The Labute approximate surface area is 203 Å². The molecule has 4 rings (SSSR count). The van der Waals surface area contributed by atoms with E-state index in [1.807, 2.05) is 12.1 Å². The summed E-state index contributed by atoms with van der Waals surface area (Å²) in [7, 11) is -2.70. The predicted molar refractivity (Wildman–Crippen MR) is 134 cm³/mol. The van der Waals surface area contributed by atoms with E-state index in [1.54, 1.807) is 4.90 Å². The second kappa shape index (κ2) is 10.3. The van der Waals surface area contributed by atoms with Gasteiger partial charge in [-0.1, -0.05) is 81.4 Å². The van der Waals surface area contributed by atoms with Crippen molar-refractivity contribution in [2.75, 3.05) is 13.2 Å². The molecule has 0 radical (unpaired) electrons. The van der Waals surface area contributed by atoms with Gasteiger partial charge >= 0.3 is 0 Å². The Hall–Kier alpha value is -2.03. The molecule has 0 aliphatic carbocycles. The predicted octanol–water partition coefficient (Wildman–Crippen LogP) is 2.41. The molecule has 2 N–H and O–H groups in total. The van der Waals surface area contributed by atoms with Gasteiger partial charge in [0.2, 0.25) is 5.91 Å². The average molecular weight is 484 g/mol. The Morgan fingerprint density at radius 3 is 2.12 bits per heavy atom. The van der Waals surface area contributed by atoms with Gasteiger partial charge in [-0.25, -0.2) is 0 Å². The summed E-state index contributed by atoms with van der Waals surface area (Å²) >= 11 is 0. The molecule has 6 nitrogen and oxygen atoms in total. The lowest BCUT2D eigenvalue weighted by molar-refractivity contribution is -0.146. The summed E-state index contributed by atoms with van der Waals surface area (Å²) in [5.41, 5.74) is 0. The smallest absolute Gasteiger partial charge is 0.261 e. The first-order chi connectivity index (χ1) is 16.3. The molecule has 0 aromatic heterocycles. The van der Waals surface area contributed by atoms with Crippen LogP contribution in [0, 0.1) is 0 Å². The fourth-order valence-electron chi connectivity index (χ4n) is 5.42. The highest BCUT2D eigenvalue weighted by Gasteiger charge is 2.51. The van der Waals surface area contributed by atoms with Crippen LogP contribution in [0.3, 0.4) is 0 Å². The van der Waals surface area contributed by atoms with Crippen LogP contribution < -0.4 is 10.4 Å². The maximum absolute atomic E-state index is 13.0. The molecule has 1 amide bonds. The van der Waals surface area contributed by atoms with Gasteiger partial charge in [0, 0.05) is 25.5 Å². The zero-order valence-electron chi connectivity index (χ0n) is 20.4. The number of carbonyl (C=O) groups excluding carboxylic acids is 1. The minimum absolute atomic E-state index is 0.0179. The van der Waals surface area contributed by atoms with Gasteiger partial charge in [-0.15, -0.1) is 0 Å². The molecule has 2 aromatic carbocycles. The maximum Gasteiger partial charge on any atom is 0.261 e. The molecule has 0 bridgehead atoms. The Morgan fingerprint density at radius 1 is 1.03 bits per heavy atom. The summed E-state index contributed by atoms with van der Waals surface area (Å²) in [6.45, 7) is 7.04. The van der Waals surface area contributed by atoms with Crippen molar-refractivity contribution in [1.82, 2.24) is 4.90 Å². The van der Waals surface area contributed by atoms with Gasteiger partial charge in [-0.05, 0) is 28.3 Å². The van der Waals surface area contributed by atoms with Gasteiger partial charge in [0.15, 0.2) is 0 Å². The van der Waals surface area contributed by atoms with Gasteiger partial charge in [0.1, 0.15) is 12.3 Å². The lowest BCUT2D eigenvalue weighted by atomic mass is 10.2. The third-order valence-corrected chi connectivity index (χ3v) is 12.3. The molecule has 0 saturated carbocycles. The molecule has 184 valence electrons. The highest BCUT2D eigenvalue weighted by atomic mass is 28.4. The minimum atomic E-state index is -2.70. The number of benzene rings is 2. The topological polar surface area (TPSA) is 79.2 Å². The lowest BCUT2D eigenvalue weighted by Gasteiger charge is -2.45. The molecular weight excluding hydrogens is 446 g/mol. The van der Waals surface area contributed by atoms with Crippen molar-refractivity contribution in [3.05, 3.63) is 60.7 Å². The standard InChI is InChI=1S/C27H37NO5Si/c1-27(2,3)34(21-10-6-4-7-11-21,22-12-8-5-9-13-22)33-20-14-15-25(31)28(17-16-20)26-18-23(30)24(19-29)32-26/h4-13,20,23-24,26,29-30H,14-19H2,1-3H3/t20-,23?,24-,26-/m1/s1. The van der Waals surface area contributed by atoms with Crippen molar-refractivity contribution in [2.24, 2.45) is 0 Å². The van der Waals surface area contributed by atoms with Crippen molar-refractivity contribution < 1.29 is 24.2 Å². The lowest BCUT2D eigenvalue weighted by Crippen LogP contribution is -2.67. The largest absolute Gasteiger partial charge is 0.404 e. The summed E-state index contributed by atoms with van der Waals surface area (Å²) in [6, 6.07) is 21.1. The number of hydrogen-bond donors (Lipinski definition) is 2. The first-order valence-electron chi connectivity index (χ1n) is 12.3. The highest BCUT2D eigenvalue weighted by molar-refractivity contribution is 6.99. The fourth-order valence-corrected chi connectivity index (χ4v) is 10.2. The summed E-state index contributed by atoms with van der Waals surface area (Å²) < 4.78 is 13.0. The van der Waals surface area contributed by atoms with Crippen molar-refractivity contribution >= 4 is 24.6 Å². The first kappa shape index (κ1) is 25.1. The minimum Gasteiger partial charge on any atom is -0.404 e. The Morgan fingerprint density at radius 2 is 1.62 bits per heavy atom. The molecular formula is C27H37NO5Si. The number of amides is 1. The third kappa shape index (κ3) is 4.85. The SMILES string of the molecule is CC(C)(C)[Si](O[C@@H]1CCC(=O)N([C@H]2CC(O)[C@@H](CO)O2)CC1)(c1ccccc1)c1ccccc1. The highest BCUT2D eigenvalue weighted by Crippen LogP contribution is 2.39. The normalized spacial score (nSPS) is 26.5. The number of nitrogens with zero attached hydrogens (tertiary/aromatic N) is 1. The molecule has 2 fully saturated rings. The van der Waals surface area contributed by atoms with Gasteiger partial charge in [0.25, 0.3) is 8.32 Å². The molecule has 34 heavy (non-hydrogen) atoms. The molecule has 2 aliphatic rings. The summed E-state index contributed by atoms with van der Waals surface area (Å²) in [5, 5.41) is 21.9. The van der Waals surface area contributed by atoms with Crippen molar-refractivity contribution in [3.63, 3.8) is 0 Å². The molecule has 2 heterocycles. The second-order valence-corrected chi connectivity index (χ2v) is 14.7. The van der Waals surface area contributed by atoms with Crippen LogP contribution in [0.15, 0.2) is 60.7 Å². The molecule has 0 spiro atoms. The van der Waals surface area contributed by atoms with E-state index in [-0.39, 0.29) is 23.7 Å². The second-order valence-electron chi connectivity index (χ2n) is 10.4. The van der Waals surface area contributed by atoms with Gasteiger partial charge in [0.05, 0.1) is 12.7 Å². The Bertz CT molecular complexity index is 909. The molecule has 1 unspecified atom stereocenters. The monoisotopic (exact) mass is 483 g/mol. The number of rotatable bonds is 6. The van der Waals surface area contributed by atoms with Gasteiger partial charge in [-0.2, -0.15) is 0 Å². The van der Waals surface area contributed by atoms with E-state index in [1.165, 1.54) is 10.4 Å². The Kier molecular flexibility index (Phi) is 7.59. The van der Waals surface area contributed by atoms with Crippen LogP contribution in [0.4, 0.5) is 0 Å². The third-order valence-electron chi connectivity index (χ3n) is 7.18. The number of ether oxygens (including phenoxy) is 1. The van der Waals surface area contributed by atoms with Crippen molar-refractivity contribution in [1.29, 1.82) is 0 Å². The zero-order valence-corrected chi connectivity index (χ0v) is 21.4. The number of likely N-dealkylation sites (tertiary alicyclic amines) is 1. The number of aliphatic hydroxyl groups excluding tert-OH is 2. The van der Waals surface area contributed by atoms with E-state index in [0.717, 1.165) is 0 Å². The van der Waals surface area contributed by atoms with E-state index in [2.05, 4.69) is 69.3 Å². The first-order valence-corrected chi connectivity index (χ1v) is 14.2. The molecule has 2 aliphatic heterocycles. The maximum atomic E-state index is 13.0. The van der Waals surface area contributed by atoms with Crippen LogP contribution in [0.1, 0.15) is 46.5 Å².